The molecule has 1 unspecified atom stereocenters. The molecule has 2 aromatic carbocycles. The lowest BCUT2D eigenvalue weighted by Crippen LogP contribution is -2.52. The van der Waals surface area contributed by atoms with Crippen LogP contribution in [-0.2, 0) is 0 Å². The molecule has 0 spiro atoms. The van der Waals surface area contributed by atoms with E-state index in [-0.39, 0.29) is 11.8 Å². The van der Waals surface area contributed by atoms with Crippen LogP contribution in [0.2, 0.25) is 0 Å². The number of rotatable bonds is 7. The molecule has 0 radical (unpaired) electrons. The Hall–Kier alpha value is -2.33. The van der Waals surface area contributed by atoms with E-state index >= 15 is 0 Å². The van der Waals surface area contributed by atoms with Gasteiger partial charge in [-0.25, -0.2) is 0 Å². The number of carbonyl (C=O) groups is 1. The summed E-state index contributed by atoms with van der Waals surface area (Å²) in [5.41, 5.74) is 1.95. The van der Waals surface area contributed by atoms with Gasteiger partial charge in [0.15, 0.2) is 5.78 Å². The molecule has 0 saturated carbocycles. The first kappa shape index (κ1) is 18.5. The van der Waals surface area contributed by atoms with E-state index in [4.69, 9.17) is 4.74 Å². The number of para-hydroxylation sites is 2. The summed E-state index contributed by atoms with van der Waals surface area (Å²) in [6.07, 6.45) is 1.92. The summed E-state index contributed by atoms with van der Waals surface area (Å²) in [6, 6.07) is 17.8. The Morgan fingerprint density at radius 1 is 1.00 bits per heavy atom. The normalized spacial score (nSPS) is 16.3. The number of methoxy groups -OCH3 is 1. The van der Waals surface area contributed by atoms with Gasteiger partial charge >= 0.3 is 0 Å². The van der Waals surface area contributed by atoms with E-state index in [2.05, 4.69) is 22.8 Å². The molecule has 0 N–H and O–H groups in total. The molecule has 1 saturated heterocycles. The molecule has 1 fully saturated rings. The second kappa shape index (κ2) is 8.86. The molecule has 0 amide bonds. The SMILES string of the molecule is CCCC(C(=O)c1ccccc1)N1CCN(c2ccccc2OC)CC1. The molecule has 26 heavy (non-hydrogen) atoms. The van der Waals surface area contributed by atoms with Crippen molar-refractivity contribution >= 4 is 11.5 Å². The van der Waals surface area contributed by atoms with Crippen LogP contribution in [0.3, 0.4) is 0 Å². The molecule has 1 aliphatic rings. The summed E-state index contributed by atoms with van der Waals surface area (Å²) >= 11 is 0. The van der Waals surface area contributed by atoms with Crippen molar-refractivity contribution in [3.05, 3.63) is 60.2 Å². The highest BCUT2D eigenvalue weighted by Gasteiger charge is 2.29. The highest BCUT2D eigenvalue weighted by molar-refractivity contribution is 6.00. The number of piperazine rings is 1. The summed E-state index contributed by atoms with van der Waals surface area (Å²) in [6.45, 7) is 5.74. The van der Waals surface area contributed by atoms with Gasteiger partial charge in [0.2, 0.25) is 0 Å². The van der Waals surface area contributed by atoms with Gasteiger partial charge in [-0.05, 0) is 18.6 Å². The molecule has 1 heterocycles. The van der Waals surface area contributed by atoms with Gasteiger partial charge in [0.25, 0.3) is 0 Å². The van der Waals surface area contributed by atoms with Crippen molar-refractivity contribution in [2.24, 2.45) is 0 Å². The second-order valence-electron chi connectivity index (χ2n) is 6.73. The van der Waals surface area contributed by atoms with Crippen LogP contribution in [0.25, 0.3) is 0 Å². The van der Waals surface area contributed by atoms with Crippen molar-refractivity contribution in [1.82, 2.24) is 4.90 Å². The molecule has 0 aromatic heterocycles. The molecule has 1 aliphatic heterocycles. The summed E-state index contributed by atoms with van der Waals surface area (Å²) in [4.78, 5) is 17.7. The number of nitrogens with zero attached hydrogens (tertiary/aromatic N) is 2. The zero-order valence-electron chi connectivity index (χ0n) is 15.7. The zero-order chi connectivity index (χ0) is 18.4. The summed E-state index contributed by atoms with van der Waals surface area (Å²) < 4.78 is 5.50. The van der Waals surface area contributed by atoms with Crippen LogP contribution in [0.15, 0.2) is 54.6 Å². The van der Waals surface area contributed by atoms with Gasteiger partial charge in [-0.1, -0.05) is 55.8 Å². The molecule has 3 rings (SSSR count). The lowest BCUT2D eigenvalue weighted by molar-refractivity contribution is 0.0792. The largest absolute Gasteiger partial charge is 0.495 e. The molecule has 4 heteroatoms. The van der Waals surface area contributed by atoms with Crippen LogP contribution >= 0.6 is 0 Å². The first-order valence-electron chi connectivity index (χ1n) is 9.46. The standard InChI is InChI=1S/C22H28N2O2/c1-3-9-20(22(25)18-10-5-4-6-11-18)24-16-14-23(15-17-24)19-12-7-8-13-21(19)26-2/h4-8,10-13,20H,3,9,14-17H2,1-2H3. The number of ketones is 1. The summed E-state index contributed by atoms with van der Waals surface area (Å²) in [5.74, 6) is 1.16. The van der Waals surface area contributed by atoms with Crippen LogP contribution in [0, 0.1) is 0 Å². The Kier molecular flexibility index (Phi) is 6.29. The Bertz CT molecular complexity index is 709. The third-order valence-corrected chi connectivity index (χ3v) is 5.10. The molecule has 138 valence electrons. The fourth-order valence-electron chi connectivity index (χ4n) is 3.71. The molecular weight excluding hydrogens is 324 g/mol. The van der Waals surface area contributed by atoms with Gasteiger partial charge in [0.05, 0.1) is 18.8 Å². The molecule has 1 atom stereocenters. The van der Waals surface area contributed by atoms with Crippen LogP contribution in [0.4, 0.5) is 5.69 Å². The van der Waals surface area contributed by atoms with Crippen LogP contribution in [-0.4, -0.2) is 50.0 Å². The van der Waals surface area contributed by atoms with Gasteiger partial charge in [0.1, 0.15) is 5.75 Å². The highest BCUT2D eigenvalue weighted by atomic mass is 16.5. The average Bonchev–Trinajstić information content (AvgIpc) is 2.72. The first-order valence-corrected chi connectivity index (χ1v) is 9.46. The quantitative estimate of drug-likeness (QED) is 0.708. The fraction of sp³-hybridized carbons (Fsp3) is 0.409. The van der Waals surface area contributed by atoms with Crippen molar-refractivity contribution < 1.29 is 9.53 Å². The van der Waals surface area contributed by atoms with Gasteiger partial charge in [-0.3, -0.25) is 9.69 Å². The third-order valence-electron chi connectivity index (χ3n) is 5.10. The number of hydrogen-bond donors (Lipinski definition) is 0. The zero-order valence-corrected chi connectivity index (χ0v) is 15.7. The van der Waals surface area contributed by atoms with E-state index in [0.717, 1.165) is 56.0 Å². The third kappa shape index (κ3) is 4.07. The van der Waals surface area contributed by atoms with Crippen LogP contribution in [0.5, 0.6) is 5.75 Å². The Balaban J connectivity index is 1.69. The van der Waals surface area contributed by atoms with E-state index in [0.29, 0.717) is 0 Å². The number of benzene rings is 2. The van der Waals surface area contributed by atoms with E-state index in [1.807, 2.05) is 48.5 Å². The molecule has 2 aromatic rings. The fourth-order valence-corrected chi connectivity index (χ4v) is 3.71. The lowest BCUT2D eigenvalue weighted by atomic mass is 9.98. The Morgan fingerprint density at radius 2 is 1.65 bits per heavy atom. The van der Waals surface area contributed by atoms with Crippen LogP contribution in [0.1, 0.15) is 30.1 Å². The van der Waals surface area contributed by atoms with Gasteiger partial charge in [0, 0.05) is 31.7 Å². The monoisotopic (exact) mass is 352 g/mol. The molecule has 4 nitrogen and oxygen atoms in total. The van der Waals surface area contributed by atoms with E-state index < -0.39 is 0 Å². The number of Topliss-reactive ketones (excluding diaryl/α,β-unsaturated/α-hetero) is 1. The maximum atomic E-state index is 13.0. The maximum absolute atomic E-state index is 13.0. The van der Waals surface area contributed by atoms with Gasteiger partial charge in [-0.2, -0.15) is 0 Å². The number of carbonyl (C=O) groups excluding carboxylic acids is 1. The van der Waals surface area contributed by atoms with Gasteiger partial charge in [-0.15, -0.1) is 0 Å². The van der Waals surface area contributed by atoms with Crippen molar-refractivity contribution in [3.63, 3.8) is 0 Å². The molecule has 0 bridgehead atoms. The second-order valence-corrected chi connectivity index (χ2v) is 6.73. The average molecular weight is 352 g/mol. The highest BCUT2D eigenvalue weighted by Crippen LogP contribution is 2.29. The van der Waals surface area contributed by atoms with Crippen molar-refractivity contribution in [1.29, 1.82) is 0 Å². The smallest absolute Gasteiger partial charge is 0.179 e. The number of anilines is 1. The lowest BCUT2D eigenvalue weighted by Gasteiger charge is -2.40. The Morgan fingerprint density at radius 3 is 2.31 bits per heavy atom. The number of hydrogen-bond acceptors (Lipinski definition) is 4. The maximum Gasteiger partial charge on any atom is 0.179 e. The minimum Gasteiger partial charge on any atom is -0.495 e. The van der Waals surface area contributed by atoms with E-state index in [1.54, 1.807) is 7.11 Å². The van der Waals surface area contributed by atoms with E-state index in [1.165, 1.54) is 0 Å². The van der Waals surface area contributed by atoms with Crippen molar-refractivity contribution in [2.45, 2.75) is 25.8 Å². The first-order chi connectivity index (χ1) is 12.7. The van der Waals surface area contributed by atoms with Crippen LogP contribution < -0.4 is 9.64 Å². The van der Waals surface area contributed by atoms with E-state index in [9.17, 15) is 4.79 Å². The molecule has 0 aliphatic carbocycles. The molecular formula is C22H28N2O2. The predicted octanol–water partition coefficient (Wildman–Crippen LogP) is 3.87. The Labute approximate surface area is 156 Å². The van der Waals surface area contributed by atoms with Gasteiger partial charge < -0.3 is 9.64 Å². The number of ether oxygens (including phenoxy) is 1. The van der Waals surface area contributed by atoms with Crippen molar-refractivity contribution in [3.8, 4) is 5.75 Å². The van der Waals surface area contributed by atoms with Crippen molar-refractivity contribution in [2.75, 3.05) is 38.2 Å². The topological polar surface area (TPSA) is 32.8 Å². The summed E-state index contributed by atoms with van der Waals surface area (Å²) in [7, 11) is 1.71. The predicted molar refractivity (Wildman–Crippen MR) is 106 cm³/mol. The minimum absolute atomic E-state index is 0.0257. The summed E-state index contributed by atoms with van der Waals surface area (Å²) in [5, 5.41) is 0. The minimum atomic E-state index is -0.0257.